The molecule has 0 radical (unpaired) electrons. The second-order valence-electron chi connectivity index (χ2n) is 4.17. The third kappa shape index (κ3) is 2.19. The number of nitrogens with one attached hydrogen (secondary N) is 1. The van der Waals surface area contributed by atoms with Gasteiger partial charge < -0.3 is 14.3 Å². The van der Waals surface area contributed by atoms with Gasteiger partial charge in [0.1, 0.15) is 18.8 Å². The zero-order valence-corrected chi connectivity index (χ0v) is 9.89. The average Bonchev–Trinajstić information content (AvgIpc) is 2.76. The first-order valence-electron chi connectivity index (χ1n) is 5.62. The predicted molar refractivity (Wildman–Crippen MR) is 64.5 cm³/mol. The number of carbonyl (C=O) groups excluding carboxylic acids is 2. The molecule has 7 heteroatoms. The number of ether oxygens (including phenoxy) is 1. The van der Waals surface area contributed by atoms with Gasteiger partial charge in [0.25, 0.3) is 5.56 Å². The lowest BCUT2D eigenvalue weighted by Gasteiger charge is -2.16. The van der Waals surface area contributed by atoms with Crippen molar-refractivity contribution in [2.45, 2.75) is 12.3 Å². The van der Waals surface area contributed by atoms with Crippen molar-refractivity contribution in [3.8, 4) is 0 Å². The van der Waals surface area contributed by atoms with Crippen molar-refractivity contribution in [2.75, 3.05) is 0 Å². The molecule has 0 spiro atoms. The maximum atomic E-state index is 11.7. The lowest BCUT2D eigenvalue weighted by Crippen LogP contribution is -2.34. The van der Waals surface area contributed by atoms with Crippen molar-refractivity contribution in [1.29, 1.82) is 0 Å². The molecule has 2 heterocycles. The number of aromatic nitrogens is 2. The van der Waals surface area contributed by atoms with Gasteiger partial charge in [-0.1, -0.05) is 6.08 Å². The first kappa shape index (κ1) is 13.2. The van der Waals surface area contributed by atoms with Crippen molar-refractivity contribution in [3.63, 3.8) is 0 Å². The van der Waals surface area contributed by atoms with Crippen LogP contribution in [0.5, 0.6) is 0 Å². The van der Waals surface area contributed by atoms with Crippen LogP contribution in [0.2, 0.25) is 0 Å². The van der Waals surface area contributed by atoms with E-state index in [4.69, 9.17) is 4.74 Å². The van der Waals surface area contributed by atoms with Crippen molar-refractivity contribution in [3.05, 3.63) is 45.8 Å². The van der Waals surface area contributed by atoms with Gasteiger partial charge in [-0.3, -0.25) is 14.3 Å². The van der Waals surface area contributed by atoms with Crippen LogP contribution in [0.3, 0.4) is 0 Å². The van der Waals surface area contributed by atoms with Gasteiger partial charge in [-0.25, -0.2) is 4.79 Å². The standard InChI is InChI=1S/C12H12N2O5/c1-2-9-7(5-15)8(6-16)11(19-9)14-4-3-10(17)13-12(14)18/h2-9,11H,1H2,(H,13,17,18)/t7?,8?,9-,11-/m0/s1. The number of carbonyl (C=O) groups is 2. The smallest absolute Gasteiger partial charge is 0.330 e. The van der Waals surface area contributed by atoms with E-state index < -0.39 is 35.4 Å². The first-order valence-corrected chi connectivity index (χ1v) is 5.62. The third-order valence-electron chi connectivity index (χ3n) is 3.12. The molecule has 0 aliphatic carbocycles. The van der Waals surface area contributed by atoms with Crippen LogP contribution in [0.15, 0.2) is 34.5 Å². The fourth-order valence-corrected chi connectivity index (χ4v) is 2.17. The molecule has 4 atom stereocenters. The number of aromatic amines is 1. The Bertz CT molecular complexity index is 617. The topological polar surface area (TPSA) is 98.2 Å². The van der Waals surface area contributed by atoms with Gasteiger partial charge in [0.15, 0.2) is 0 Å². The quantitative estimate of drug-likeness (QED) is 0.570. The van der Waals surface area contributed by atoms with E-state index in [0.29, 0.717) is 12.6 Å². The van der Waals surface area contributed by atoms with Crippen LogP contribution >= 0.6 is 0 Å². The minimum Gasteiger partial charge on any atom is -0.349 e. The summed E-state index contributed by atoms with van der Waals surface area (Å²) in [5.41, 5.74) is -1.24. The predicted octanol–water partition coefficient (Wildman–Crippen LogP) is -0.750. The summed E-state index contributed by atoms with van der Waals surface area (Å²) in [7, 11) is 0. The molecule has 1 aromatic rings. The molecule has 1 N–H and O–H groups in total. The molecule has 2 rings (SSSR count). The minimum absolute atomic E-state index is 0.547. The molecule has 1 aliphatic rings. The van der Waals surface area contributed by atoms with Crippen molar-refractivity contribution >= 4 is 12.6 Å². The number of hydrogen-bond acceptors (Lipinski definition) is 5. The number of hydrogen-bond donors (Lipinski definition) is 1. The number of nitrogens with zero attached hydrogens (tertiary/aromatic N) is 1. The Hall–Kier alpha value is -2.28. The Morgan fingerprint density at radius 1 is 1.26 bits per heavy atom. The van der Waals surface area contributed by atoms with Crippen LogP contribution < -0.4 is 11.2 Å². The second kappa shape index (κ2) is 5.15. The Labute approximate surface area is 107 Å². The highest BCUT2D eigenvalue weighted by Crippen LogP contribution is 2.36. The summed E-state index contributed by atoms with van der Waals surface area (Å²) in [5.74, 6) is -1.50. The number of aldehydes is 2. The normalized spacial score (nSPS) is 29.9. The fourth-order valence-electron chi connectivity index (χ4n) is 2.17. The van der Waals surface area contributed by atoms with E-state index in [0.717, 1.165) is 10.6 Å². The number of H-pyrrole nitrogens is 1. The molecular formula is C12H12N2O5. The van der Waals surface area contributed by atoms with Crippen LogP contribution in [-0.2, 0) is 14.3 Å². The highest BCUT2D eigenvalue weighted by Gasteiger charge is 2.44. The van der Waals surface area contributed by atoms with E-state index in [9.17, 15) is 19.2 Å². The summed E-state index contributed by atoms with van der Waals surface area (Å²) >= 11 is 0. The highest BCUT2D eigenvalue weighted by atomic mass is 16.5. The van der Waals surface area contributed by atoms with Gasteiger partial charge in [0.2, 0.25) is 0 Å². The molecule has 100 valence electrons. The lowest BCUT2D eigenvalue weighted by molar-refractivity contribution is -0.119. The summed E-state index contributed by atoms with van der Waals surface area (Å²) < 4.78 is 6.57. The van der Waals surface area contributed by atoms with Crippen LogP contribution in [-0.4, -0.2) is 28.2 Å². The summed E-state index contributed by atoms with van der Waals surface area (Å²) in [4.78, 5) is 46.9. The highest BCUT2D eigenvalue weighted by molar-refractivity contribution is 5.67. The zero-order valence-electron chi connectivity index (χ0n) is 9.89. The van der Waals surface area contributed by atoms with Crippen LogP contribution in [0.1, 0.15) is 6.23 Å². The maximum Gasteiger partial charge on any atom is 0.330 e. The summed E-state index contributed by atoms with van der Waals surface area (Å²) in [6, 6.07) is 1.14. The molecule has 1 saturated heterocycles. The minimum atomic E-state index is -0.931. The maximum absolute atomic E-state index is 11.7. The average molecular weight is 264 g/mol. The molecule has 0 aromatic carbocycles. The van der Waals surface area contributed by atoms with Crippen molar-refractivity contribution in [1.82, 2.24) is 9.55 Å². The summed E-state index contributed by atoms with van der Waals surface area (Å²) in [6.45, 7) is 3.53. The molecular weight excluding hydrogens is 252 g/mol. The van der Waals surface area contributed by atoms with Crippen molar-refractivity contribution < 1.29 is 14.3 Å². The first-order chi connectivity index (χ1) is 9.12. The monoisotopic (exact) mass is 264 g/mol. The van der Waals surface area contributed by atoms with Gasteiger partial charge in [-0.2, -0.15) is 0 Å². The molecule has 2 unspecified atom stereocenters. The fraction of sp³-hybridized carbons (Fsp3) is 0.333. The zero-order chi connectivity index (χ0) is 14.0. The Balaban J connectivity index is 2.46. The van der Waals surface area contributed by atoms with E-state index in [1.807, 2.05) is 0 Å². The second-order valence-corrected chi connectivity index (χ2v) is 4.17. The molecule has 1 aliphatic heterocycles. The third-order valence-corrected chi connectivity index (χ3v) is 3.12. The van der Waals surface area contributed by atoms with Gasteiger partial charge in [0, 0.05) is 12.3 Å². The molecule has 1 fully saturated rings. The number of rotatable bonds is 4. The van der Waals surface area contributed by atoms with Crippen LogP contribution in [0.25, 0.3) is 0 Å². The van der Waals surface area contributed by atoms with E-state index in [2.05, 4.69) is 11.6 Å². The Morgan fingerprint density at radius 2 is 1.95 bits per heavy atom. The summed E-state index contributed by atoms with van der Waals surface area (Å²) in [5, 5.41) is 0. The van der Waals surface area contributed by atoms with Crippen LogP contribution in [0, 0.1) is 11.8 Å². The Kier molecular flexibility index (Phi) is 3.57. The van der Waals surface area contributed by atoms with Crippen LogP contribution in [0.4, 0.5) is 0 Å². The van der Waals surface area contributed by atoms with E-state index in [1.165, 1.54) is 12.3 Å². The largest absolute Gasteiger partial charge is 0.349 e. The summed E-state index contributed by atoms with van der Waals surface area (Å²) in [6.07, 6.45) is 2.26. The Morgan fingerprint density at radius 3 is 2.47 bits per heavy atom. The lowest BCUT2D eigenvalue weighted by atomic mass is 9.91. The van der Waals surface area contributed by atoms with Gasteiger partial charge >= 0.3 is 5.69 Å². The molecule has 0 amide bonds. The SMILES string of the molecule is C=C[C@@H]1O[C@H](n2ccc(=O)[nH]c2=O)C(C=O)C1C=O. The van der Waals surface area contributed by atoms with E-state index >= 15 is 0 Å². The molecule has 7 nitrogen and oxygen atoms in total. The van der Waals surface area contributed by atoms with E-state index in [1.54, 1.807) is 0 Å². The van der Waals surface area contributed by atoms with Crippen molar-refractivity contribution in [2.24, 2.45) is 11.8 Å². The van der Waals surface area contributed by atoms with Gasteiger partial charge in [-0.05, 0) is 0 Å². The van der Waals surface area contributed by atoms with E-state index in [-0.39, 0.29) is 0 Å². The van der Waals surface area contributed by atoms with Gasteiger partial charge in [0.05, 0.1) is 17.9 Å². The van der Waals surface area contributed by atoms with Gasteiger partial charge in [-0.15, -0.1) is 6.58 Å². The molecule has 19 heavy (non-hydrogen) atoms. The molecule has 1 aromatic heterocycles. The molecule has 0 saturated carbocycles. The molecule has 0 bridgehead atoms.